The quantitative estimate of drug-likeness (QED) is 0.741. The van der Waals surface area contributed by atoms with E-state index in [9.17, 15) is 17.6 Å². The van der Waals surface area contributed by atoms with E-state index >= 15 is 0 Å². The lowest BCUT2D eigenvalue weighted by molar-refractivity contribution is -0.123. The molecule has 0 saturated carbocycles. The van der Waals surface area contributed by atoms with Gasteiger partial charge in [-0.15, -0.1) is 0 Å². The molecular formula is C19H23FN2O3S. The van der Waals surface area contributed by atoms with Gasteiger partial charge in [0.15, 0.2) is 0 Å². The highest BCUT2D eigenvalue weighted by atomic mass is 32.2. The fourth-order valence-electron chi connectivity index (χ4n) is 2.61. The Kier molecular flexibility index (Phi) is 6.88. The third kappa shape index (κ3) is 5.12. The first-order valence-electron chi connectivity index (χ1n) is 8.47. The van der Waals surface area contributed by atoms with Crippen molar-refractivity contribution in [2.45, 2.75) is 43.7 Å². The summed E-state index contributed by atoms with van der Waals surface area (Å²) in [4.78, 5) is 12.0. The van der Waals surface area contributed by atoms with E-state index in [0.717, 1.165) is 30.5 Å². The van der Waals surface area contributed by atoms with E-state index in [1.807, 2.05) is 37.3 Å². The van der Waals surface area contributed by atoms with Crippen LogP contribution in [0.5, 0.6) is 0 Å². The fourth-order valence-corrected chi connectivity index (χ4v) is 3.89. The van der Waals surface area contributed by atoms with Crippen molar-refractivity contribution in [3.63, 3.8) is 0 Å². The molecule has 0 spiro atoms. The lowest BCUT2D eigenvalue weighted by atomic mass is 10.0. The molecule has 0 radical (unpaired) electrons. The van der Waals surface area contributed by atoms with Gasteiger partial charge < -0.3 is 5.32 Å². The normalized spacial score (nSPS) is 13.8. The molecule has 2 rings (SSSR count). The van der Waals surface area contributed by atoms with Crippen LogP contribution in [0.15, 0.2) is 59.5 Å². The van der Waals surface area contributed by atoms with Crippen molar-refractivity contribution < 1.29 is 17.6 Å². The Morgan fingerprint density at radius 1 is 1.08 bits per heavy atom. The van der Waals surface area contributed by atoms with Crippen molar-refractivity contribution >= 4 is 15.9 Å². The Morgan fingerprint density at radius 2 is 1.69 bits per heavy atom. The molecule has 2 atom stereocenters. The van der Waals surface area contributed by atoms with Crippen molar-refractivity contribution in [3.8, 4) is 0 Å². The van der Waals surface area contributed by atoms with Gasteiger partial charge in [-0.2, -0.15) is 4.72 Å². The Hall–Kier alpha value is -2.25. The Labute approximate surface area is 153 Å². The second-order valence-electron chi connectivity index (χ2n) is 6.03. The molecule has 7 heteroatoms. The van der Waals surface area contributed by atoms with Gasteiger partial charge in [0.05, 0.1) is 12.1 Å². The molecule has 0 aliphatic carbocycles. The zero-order valence-electron chi connectivity index (χ0n) is 14.8. The molecule has 2 aromatic rings. The van der Waals surface area contributed by atoms with E-state index < -0.39 is 32.7 Å². The van der Waals surface area contributed by atoms with Gasteiger partial charge in [0, 0.05) is 0 Å². The predicted octanol–water partition coefficient (Wildman–Crippen LogP) is 3.15. The zero-order chi connectivity index (χ0) is 19.2. The van der Waals surface area contributed by atoms with Gasteiger partial charge in [0.2, 0.25) is 15.9 Å². The van der Waals surface area contributed by atoms with E-state index in [2.05, 4.69) is 10.0 Å². The Morgan fingerprint density at radius 3 is 2.31 bits per heavy atom. The molecule has 0 bridgehead atoms. The molecule has 0 unspecified atom stereocenters. The van der Waals surface area contributed by atoms with Crippen LogP contribution in [0.1, 0.15) is 38.3 Å². The second kappa shape index (κ2) is 8.91. The monoisotopic (exact) mass is 378 g/mol. The van der Waals surface area contributed by atoms with Crippen LogP contribution in [0.4, 0.5) is 4.39 Å². The fraction of sp³-hybridized carbons (Fsp3) is 0.316. The SMILES string of the molecule is CCC[C@H](NC(=O)[C@H](C)NS(=O)(=O)c1ccccc1F)c1ccccc1. The molecule has 5 nitrogen and oxygen atoms in total. The maximum absolute atomic E-state index is 13.7. The van der Waals surface area contributed by atoms with E-state index in [-0.39, 0.29) is 6.04 Å². The molecule has 1 amide bonds. The van der Waals surface area contributed by atoms with Gasteiger partial charge in [-0.05, 0) is 31.0 Å². The van der Waals surface area contributed by atoms with Gasteiger partial charge in [-0.25, -0.2) is 12.8 Å². The summed E-state index contributed by atoms with van der Waals surface area (Å²) in [5, 5.41) is 2.86. The number of carbonyl (C=O) groups excluding carboxylic acids is 1. The Balaban J connectivity index is 2.10. The summed E-state index contributed by atoms with van der Waals surface area (Å²) >= 11 is 0. The predicted molar refractivity (Wildman–Crippen MR) is 98.4 cm³/mol. The van der Waals surface area contributed by atoms with Crippen LogP contribution in [0.25, 0.3) is 0 Å². The van der Waals surface area contributed by atoms with Crippen LogP contribution < -0.4 is 10.0 Å². The maximum atomic E-state index is 13.7. The molecule has 0 fully saturated rings. The number of halogens is 1. The molecule has 0 aliphatic rings. The van der Waals surface area contributed by atoms with Crippen LogP contribution in [0.3, 0.4) is 0 Å². The highest BCUT2D eigenvalue weighted by molar-refractivity contribution is 7.89. The molecule has 140 valence electrons. The van der Waals surface area contributed by atoms with Crippen LogP contribution >= 0.6 is 0 Å². The van der Waals surface area contributed by atoms with Crippen LogP contribution in [-0.2, 0) is 14.8 Å². The van der Waals surface area contributed by atoms with Crippen molar-refractivity contribution in [2.24, 2.45) is 0 Å². The highest BCUT2D eigenvalue weighted by Crippen LogP contribution is 2.19. The third-order valence-corrected chi connectivity index (χ3v) is 5.52. The summed E-state index contributed by atoms with van der Waals surface area (Å²) in [6.07, 6.45) is 1.58. The topological polar surface area (TPSA) is 75.3 Å². The van der Waals surface area contributed by atoms with Crippen LogP contribution in [-0.4, -0.2) is 20.4 Å². The maximum Gasteiger partial charge on any atom is 0.244 e. The number of nitrogens with one attached hydrogen (secondary N) is 2. The number of rotatable bonds is 8. The number of hydrogen-bond donors (Lipinski definition) is 2. The second-order valence-corrected chi connectivity index (χ2v) is 7.72. The first-order chi connectivity index (χ1) is 12.3. The molecular weight excluding hydrogens is 355 g/mol. The summed E-state index contributed by atoms with van der Waals surface area (Å²) in [7, 11) is -4.13. The van der Waals surface area contributed by atoms with Crippen molar-refractivity contribution in [3.05, 3.63) is 66.0 Å². The van der Waals surface area contributed by atoms with Crippen LogP contribution in [0, 0.1) is 5.82 Å². The smallest absolute Gasteiger partial charge is 0.244 e. The number of sulfonamides is 1. The standard InChI is InChI=1S/C19H23FN2O3S/c1-3-9-17(15-10-5-4-6-11-15)21-19(23)14(2)22-26(24,25)18-13-8-7-12-16(18)20/h4-8,10-14,17,22H,3,9H2,1-2H3,(H,21,23)/t14-,17-/m0/s1. The number of amides is 1. The molecule has 26 heavy (non-hydrogen) atoms. The number of hydrogen-bond acceptors (Lipinski definition) is 3. The lowest BCUT2D eigenvalue weighted by Gasteiger charge is -2.21. The summed E-state index contributed by atoms with van der Waals surface area (Å²) in [6.45, 7) is 3.44. The first-order valence-corrected chi connectivity index (χ1v) is 9.95. The van der Waals surface area contributed by atoms with Crippen molar-refractivity contribution in [1.82, 2.24) is 10.0 Å². The van der Waals surface area contributed by atoms with E-state index in [4.69, 9.17) is 0 Å². The minimum Gasteiger partial charge on any atom is -0.348 e. The van der Waals surface area contributed by atoms with E-state index in [1.54, 1.807) is 0 Å². The molecule has 0 saturated heterocycles. The summed E-state index contributed by atoms with van der Waals surface area (Å²) in [6, 6.07) is 13.3. The summed E-state index contributed by atoms with van der Waals surface area (Å²) in [5.74, 6) is -1.33. The van der Waals surface area contributed by atoms with Gasteiger partial charge in [-0.1, -0.05) is 55.8 Å². The number of benzene rings is 2. The molecule has 0 aromatic heterocycles. The average molecular weight is 378 g/mol. The lowest BCUT2D eigenvalue weighted by Crippen LogP contribution is -2.45. The van der Waals surface area contributed by atoms with Crippen molar-refractivity contribution in [1.29, 1.82) is 0 Å². The molecule has 2 N–H and O–H groups in total. The summed E-state index contributed by atoms with van der Waals surface area (Å²) in [5.41, 5.74) is 0.951. The van der Waals surface area contributed by atoms with Gasteiger partial charge in [0.1, 0.15) is 10.7 Å². The first kappa shape index (κ1) is 20.1. The van der Waals surface area contributed by atoms with Gasteiger partial charge in [0.25, 0.3) is 0 Å². The van der Waals surface area contributed by atoms with Crippen molar-refractivity contribution in [2.75, 3.05) is 0 Å². The third-order valence-electron chi connectivity index (χ3n) is 3.95. The van der Waals surface area contributed by atoms with Gasteiger partial charge in [-0.3, -0.25) is 4.79 Å². The molecule has 2 aromatic carbocycles. The average Bonchev–Trinajstić information content (AvgIpc) is 2.61. The molecule has 0 aliphatic heterocycles. The minimum atomic E-state index is -4.13. The van der Waals surface area contributed by atoms with E-state index in [0.29, 0.717) is 0 Å². The number of carbonyl (C=O) groups is 1. The highest BCUT2D eigenvalue weighted by Gasteiger charge is 2.25. The Bertz CT molecular complexity index is 841. The van der Waals surface area contributed by atoms with E-state index in [1.165, 1.54) is 19.1 Å². The minimum absolute atomic E-state index is 0.214. The molecule has 0 heterocycles. The van der Waals surface area contributed by atoms with Gasteiger partial charge >= 0.3 is 0 Å². The largest absolute Gasteiger partial charge is 0.348 e. The summed E-state index contributed by atoms with van der Waals surface area (Å²) < 4.78 is 40.6. The van der Waals surface area contributed by atoms with Crippen LogP contribution in [0.2, 0.25) is 0 Å². The zero-order valence-corrected chi connectivity index (χ0v) is 15.6.